The average Bonchev–Trinajstić information content (AvgIpc) is 2.15. The minimum Gasteiger partial charge on any atom is -0.324 e. The van der Waals surface area contributed by atoms with Crippen LogP contribution < -0.4 is 5.43 Å². The van der Waals surface area contributed by atoms with Crippen LogP contribution in [0.1, 0.15) is 13.8 Å². The second kappa shape index (κ2) is 2.58. The summed E-state index contributed by atoms with van der Waals surface area (Å²) in [6.45, 7) is 4.22. The number of nitrogens with one attached hydrogen (secondary N) is 1. The number of nitrogens with zero attached hydrogens (tertiary/aromatic N) is 1. The molecule has 1 heterocycles. The molecule has 50 valence electrons. The van der Waals surface area contributed by atoms with Gasteiger partial charge >= 0.3 is 0 Å². The first kappa shape index (κ1) is 6.20. The zero-order valence-electron chi connectivity index (χ0n) is 5.83. The molecule has 0 unspecified atom stereocenters. The maximum atomic E-state index is 3.20. The number of hydrogen-bond acceptors (Lipinski definition) is 1. The summed E-state index contributed by atoms with van der Waals surface area (Å²) in [6.07, 6.45) is 3.97. The summed E-state index contributed by atoms with van der Waals surface area (Å²) >= 11 is 0. The maximum absolute atomic E-state index is 3.20. The SMILES string of the molecule is CC(C)Nn1cccc1. The zero-order valence-corrected chi connectivity index (χ0v) is 5.83. The molecule has 1 N–H and O–H groups in total. The molecule has 0 spiro atoms. The Balaban J connectivity index is 2.48. The van der Waals surface area contributed by atoms with Gasteiger partial charge in [-0.2, -0.15) is 0 Å². The lowest BCUT2D eigenvalue weighted by molar-refractivity contribution is 0.740. The fourth-order valence-electron chi connectivity index (χ4n) is 0.719. The fraction of sp³-hybridized carbons (Fsp3) is 0.429. The van der Waals surface area contributed by atoms with Gasteiger partial charge < -0.3 is 5.43 Å². The molecule has 1 aromatic heterocycles. The Morgan fingerprint density at radius 1 is 1.22 bits per heavy atom. The van der Waals surface area contributed by atoms with Crippen LogP contribution in [0, 0.1) is 0 Å². The van der Waals surface area contributed by atoms with Crippen molar-refractivity contribution in [3.05, 3.63) is 24.5 Å². The van der Waals surface area contributed by atoms with Crippen LogP contribution in [0.3, 0.4) is 0 Å². The largest absolute Gasteiger partial charge is 0.324 e. The Labute approximate surface area is 55.5 Å². The highest BCUT2D eigenvalue weighted by atomic mass is 15.4. The summed E-state index contributed by atoms with van der Waals surface area (Å²) in [5.74, 6) is 0. The summed E-state index contributed by atoms with van der Waals surface area (Å²) in [7, 11) is 0. The van der Waals surface area contributed by atoms with Crippen molar-refractivity contribution in [2.24, 2.45) is 0 Å². The molecule has 1 aromatic rings. The third kappa shape index (κ3) is 1.80. The standard InChI is InChI=1S/C7H12N2/c1-7(2)8-9-5-3-4-6-9/h3-8H,1-2H3. The molecule has 2 heteroatoms. The summed E-state index contributed by atoms with van der Waals surface area (Å²) < 4.78 is 1.95. The van der Waals surface area contributed by atoms with Gasteiger partial charge in [-0.05, 0) is 26.0 Å². The highest BCUT2D eigenvalue weighted by Gasteiger charge is 1.88. The monoisotopic (exact) mass is 124 g/mol. The first-order chi connectivity index (χ1) is 4.29. The van der Waals surface area contributed by atoms with E-state index in [0.29, 0.717) is 6.04 Å². The topological polar surface area (TPSA) is 17.0 Å². The maximum Gasteiger partial charge on any atom is 0.0367 e. The van der Waals surface area contributed by atoms with Crippen molar-refractivity contribution in [3.63, 3.8) is 0 Å². The van der Waals surface area contributed by atoms with Gasteiger partial charge in [0.05, 0.1) is 0 Å². The summed E-state index contributed by atoms with van der Waals surface area (Å²) in [6, 6.07) is 4.49. The van der Waals surface area contributed by atoms with E-state index in [0.717, 1.165) is 0 Å². The van der Waals surface area contributed by atoms with Gasteiger partial charge in [-0.25, -0.2) is 0 Å². The van der Waals surface area contributed by atoms with E-state index >= 15 is 0 Å². The van der Waals surface area contributed by atoms with E-state index in [2.05, 4.69) is 19.3 Å². The van der Waals surface area contributed by atoms with Crippen molar-refractivity contribution in [1.29, 1.82) is 0 Å². The minimum atomic E-state index is 0.498. The van der Waals surface area contributed by atoms with Gasteiger partial charge in [0.25, 0.3) is 0 Å². The highest BCUT2D eigenvalue weighted by molar-refractivity contribution is 4.93. The second-order valence-corrected chi connectivity index (χ2v) is 2.37. The first-order valence-corrected chi connectivity index (χ1v) is 3.18. The molecular formula is C7H12N2. The number of rotatable bonds is 2. The lowest BCUT2D eigenvalue weighted by Gasteiger charge is -2.09. The number of hydrogen-bond donors (Lipinski definition) is 1. The van der Waals surface area contributed by atoms with E-state index in [9.17, 15) is 0 Å². The Morgan fingerprint density at radius 3 is 2.22 bits per heavy atom. The van der Waals surface area contributed by atoms with E-state index in [1.807, 2.05) is 29.2 Å². The lowest BCUT2D eigenvalue weighted by atomic mass is 10.4. The third-order valence-electron chi connectivity index (χ3n) is 1.01. The van der Waals surface area contributed by atoms with Gasteiger partial charge in [0.15, 0.2) is 0 Å². The van der Waals surface area contributed by atoms with Crippen molar-refractivity contribution in [2.45, 2.75) is 19.9 Å². The van der Waals surface area contributed by atoms with Gasteiger partial charge in [0, 0.05) is 18.4 Å². The van der Waals surface area contributed by atoms with E-state index < -0.39 is 0 Å². The molecule has 0 aliphatic heterocycles. The Morgan fingerprint density at radius 2 is 1.78 bits per heavy atom. The number of aromatic nitrogens is 1. The Hall–Kier alpha value is -0.920. The molecule has 0 radical (unpaired) electrons. The van der Waals surface area contributed by atoms with Gasteiger partial charge in [-0.15, -0.1) is 0 Å². The summed E-state index contributed by atoms with van der Waals surface area (Å²) in [4.78, 5) is 0. The molecule has 0 aliphatic rings. The van der Waals surface area contributed by atoms with Crippen LogP contribution in [0.25, 0.3) is 0 Å². The van der Waals surface area contributed by atoms with Crippen LogP contribution >= 0.6 is 0 Å². The molecule has 2 nitrogen and oxygen atoms in total. The van der Waals surface area contributed by atoms with Crippen LogP contribution in [-0.4, -0.2) is 10.7 Å². The molecular weight excluding hydrogens is 112 g/mol. The highest BCUT2D eigenvalue weighted by Crippen LogP contribution is 1.87. The predicted octanol–water partition coefficient (Wildman–Crippen LogP) is 1.44. The molecule has 0 saturated carbocycles. The molecule has 0 aliphatic carbocycles. The second-order valence-electron chi connectivity index (χ2n) is 2.37. The normalized spacial score (nSPS) is 10.1. The van der Waals surface area contributed by atoms with Crippen molar-refractivity contribution < 1.29 is 0 Å². The summed E-state index contributed by atoms with van der Waals surface area (Å²) in [5, 5.41) is 0. The lowest BCUT2D eigenvalue weighted by Crippen LogP contribution is -2.20. The average molecular weight is 124 g/mol. The molecule has 0 bridgehead atoms. The predicted molar refractivity (Wildman–Crippen MR) is 38.9 cm³/mol. The zero-order chi connectivity index (χ0) is 6.69. The molecule has 1 rings (SSSR count). The minimum absolute atomic E-state index is 0.498. The Bertz CT molecular complexity index is 153. The molecule has 0 fully saturated rings. The van der Waals surface area contributed by atoms with Crippen LogP contribution in [0.15, 0.2) is 24.5 Å². The quantitative estimate of drug-likeness (QED) is 0.631. The van der Waals surface area contributed by atoms with Crippen LogP contribution in [-0.2, 0) is 0 Å². The van der Waals surface area contributed by atoms with Crippen LogP contribution in [0.5, 0.6) is 0 Å². The van der Waals surface area contributed by atoms with E-state index in [4.69, 9.17) is 0 Å². The van der Waals surface area contributed by atoms with Crippen molar-refractivity contribution in [1.82, 2.24) is 4.68 Å². The van der Waals surface area contributed by atoms with Gasteiger partial charge in [0.1, 0.15) is 0 Å². The van der Waals surface area contributed by atoms with E-state index in [1.165, 1.54) is 0 Å². The Kier molecular flexibility index (Phi) is 1.78. The van der Waals surface area contributed by atoms with Crippen LogP contribution in [0.2, 0.25) is 0 Å². The first-order valence-electron chi connectivity index (χ1n) is 3.18. The van der Waals surface area contributed by atoms with Crippen molar-refractivity contribution in [2.75, 3.05) is 5.43 Å². The molecule has 0 amide bonds. The molecule has 0 aromatic carbocycles. The van der Waals surface area contributed by atoms with Crippen molar-refractivity contribution >= 4 is 0 Å². The van der Waals surface area contributed by atoms with Crippen LogP contribution in [0.4, 0.5) is 0 Å². The van der Waals surface area contributed by atoms with Gasteiger partial charge in [-0.3, -0.25) is 4.68 Å². The molecule has 0 atom stereocenters. The molecule has 0 saturated heterocycles. The fourth-order valence-corrected chi connectivity index (χ4v) is 0.719. The summed E-state index contributed by atoms with van der Waals surface area (Å²) in [5.41, 5.74) is 3.20. The van der Waals surface area contributed by atoms with E-state index in [1.54, 1.807) is 0 Å². The van der Waals surface area contributed by atoms with Crippen molar-refractivity contribution in [3.8, 4) is 0 Å². The van der Waals surface area contributed by atoms with Gasteiger partial charge in [-0.1, -0.05) is 0 Å². The van der Waals surface area contributed by atoms with E-state index in [-0.39, 0.29) is 0 Å². The third-order valence-corrected chi connectivity index (χ3v) is 1.01. The molecule has 9 heavy (non-hydrogen) atoms. The van der Waals surface area contributed by atoms with Gasteiger partial charge in [0.2, 0.25) is 0 Å². The smallest absolute Gasteiger partial charge is 0.0367 e.